The Kier molecular flexibility index (Phi) is 3.74. The molecule has 0 bridgehead atoms. The van der Waals surface area contributed by atoms with Gasteiger partial charge in [-0.05, 0) is 0 Å². The lowest BCUT2D eigenvalue weighted by Crippen LogP contribution is -2.29. The fourth-order valence-corrected chi connectivity index (χ4v) is 1.86. The maximum Gasteiger partial charge on any atom is 0.326 e. The first-order valence-electron chi connectivity index (χ1n) is 4.68. The monoisotopic (exact) mass is 261 g/mol. The zero-order valence-electron chi connectivity index (χ0n) is 8.99. The van der Waals surface area contributed by atoms with E-state index in [0.717, 1.165) is 4.57 Å². The molecule has 7 nitrogen and oxygen atoms in total. The summed E-state index contributed by atoms with van der Waals surface area (Å²) in [5, 5.41) is 9.00. The van der Waals surface area contributed by atoms with Crippen LogP contribution in [0.3, 0.4) is 0 Å². The van der Waals surface area contributed by atoms with E-state index in [9.17, 15) is 9.59 Å². The van der Waals surface area contributed by atoms with Crippen LogP contribution in [0.15, 0.2) is 11.0 Å². The molecule has 0 spiro atoms. The van der Waals surface area contributed by atoms with Gasteiger partial charge in [0.1, 0.15) is 23.7 Å². The Morgan fingerprint density at radius 2 is 2.35 bits per heavy atom. The molecule has 8 heteroatoms. The Bertz CT molecular complexity index is 502. The van der Waals surface area contributed by atoms with Crippen molar-refractivity contribution in [2.45, 2.75) is 18.6 Å². The predicted molar refractivity (Wildman–Crippen MR) is 61.2 cm³/mol. The zero-order valence-corrected chi connectivity index (χ0v) is 9.81. The number of nitrogens with two attached hydrogens (primary N) is 1. The van der Waals surface area contributed by atoms with Crippen LogP contribution in [-0.4, -0.2) is 27.7 Å². The molecule has 0 aromatic carbocycles. The Morgan fingerprint density at radius 1 is 1.71 bits per heavy atom. The highest BCUT2D eigenvalue weighted by molar-refractivity contribution is 5.85. The number of aliphatic carboxylic acids is 1. The van der Waals surface area contributed by atoms with E-state index in [2.05, 4.69) is 4.98 Å². The Labute approximate surface area is 103 Å². The van der Waals surface area contributed by atoms with Crippen molar-refractivity contribution in [3.05, 3.63) is 22.4 Å². The highest BCUT2D eigenvalue weighted by Gasteiger charge is 2.37. The van der Waals surface area contributed by atoms with Gasteiger partial charge in [0.2, 0.25) is 0 Å². The summed E-state index contributed by atoms with van der Waals surface area (Å²) in [7, 11) is 1.45. The first kappa shape index (κ1) is 13.5. The number of nitrogen functional groups attached to an aromatic ring is 1. The number of carboxylic acid groups (broad SMARTS) is 1. The van der Waals surface area contributed by atoms with E-state index >= 15 is 0 Å². The quantitative estimate of drug-likeness (QED) is 0.774. The van der Waals surface area contributed by atoms with Gasteiger partial charge in [-0.1, -0.05) is 0 Å². The van der Waals surface area contributed by atoms with Gasteiger partial charge >= 0.3 is 5.97 Å². The normalized spacial score (nSPS) is 21.7. The molecule has 0 aliphatic carbocycles. The Hall–Kier alpha value is -1.60. The van der Waals surface area contributed by atoms with E-state index in [4.69, 9.17) is 15.6 Å². The van der Waals surface area contributed by atoms with Crippen LogP contribution in [0.4, 0.5) is 5.69 Å². The topological polar surface area (TPSA) is 107 Å². The average Bonchev–Trinajstić information content (AvgIpc) is 2.62. The third-order valence-electron chi connectivity index (χ3n) is 2.66. The summed E-state index contributed by atoms with van der Waals surface area (Å²) in [5.41, 5.74) is 4.82. The minimum Gasteiger partial charge on any atom is -0.480 e. The van der Waals surface area contributed by atoms with E-state index in [0.29, 0.717) is 5.82 Å². The summed E-state index contributed by atoms with van der Waals surface area (Å²) >= 11 is 0. The third-order valence-corrected chi connectivity index (χ3v) is 2.66. The van der Waals surface area contributed by atoms with E-state index in [1.54, 1.807) is 0 Å². The smallest absolute Gasteiger partial charge is 0.326 e. The van der Waals surface area contributed by atoms with Crippen molar-refractivity contribution in [1.29, 1.82) is 0 Å². The van der Waals surface area contributed by atoms with E-state index < -0.39 is 23.7 Å². The van der Waals surface area contributed by atoms with Gasteiger partial charge in [0.15, 0.2) is 0 Å². The maximum atomic E-state index is 11.7. The molecule has 0 fully saturated rings. The van der Waals surface area contributed by atoms with Gasteiger partial charge in [-0.15, -0.1) is 12.4 Å². The largest absolute Gasteiger partial charge is 0.480 e. The molecule has 1 aromatic heterocycles. The van der Waals surface area contributed by atoms with Crippen molar-refractivity contribution in [2.75, 3.05) is 12.8 Å². The third kappa shape index (κ3) is 1.98. The standard InChI is InChI=1S/C9H11N3O4.ClH/c1-16-6-2-5(9(14)15)12-7(6)11-3-4(10)8(12)13;/h3,5-6H,2,10H2,1H3,(H,14,15);1H/t5-,6+;/m0./s1. The molecule has 2 heterocycles. The zero-order chi connectivity index (χ0) is 11.9. The lowest BCUT2D eigenvalue weighted by Gasteiger charge is -2.08. The summed E-state index contributed by atoms with van der Waals surface area (Å²) < 4.78 is 6.18. The summed E-state index contributed by atoms with van der Waals surface area (Å²) in [4.78, 5) is 26.7. The Balaban J connectivity index is 0.00000144. The Morgan fingerprint density at radius 3 is 2.88 bits per heavy atom. The minimum absolute atomic E-state index is 0. The molecule has 0 saturated carbocycles. The fourth-order valence-electron chi connectivity index (χ4n) is 1.86. The van der Waals surface area contributed by atoms with Crippen molar-refractivity contribution in [1.82, 2.24) is 9.55 Å². The molecular formula is C9H12ClN3O4. The number of carbonyl (C=O) groups is 1. The highest BCUT2D eigenvalue weighted by Crippen LogP contribution is 2.33. The summed E-state index contributed by atoms with van der Waals surface area (Å²) in [5.74, 6) is -0.774. The number of rotatable bonds is 2. The number of ether oxygens (including phenoxy) is 1. The lowest BCUT2D eigenvalue weighted by molar-refractivity contribution is -0.141. The molecule has 94 valence electrons. The number of hydrogen-bond acceptors (Lipinski definition) is 5. The van der Waals surface area contributed by atoms with Gasteiger partial charge in [-0.25, -0.2) is 9.78 Å². The van der Waals surface area contributed by atoms with Gasteiger partial charge in [0, 0.05) is 13.5 Å². The van der Waals surface area contributed by atoms with E-state index in [1.165, 1.54) is 13.3 Å². The van der Waals surface area contributed by atoms with Crippen LogP contribution in [0.5, 0.6) is 0 Å². The average molecular weight is 262 g/mol. The molecule has 0 amide bonds. The van der Waals surface area contributed by atoms with Crippen molar-refractivity contribution in [3.8, 4) is 0 Å². The van der Waals surface area contributed by atoms with Crippen LogP contribution in [0.1, 0.15) is 24.4 Å². The van der Waals surface area contributed by atoms with E-state index in [-0.39, 0.29) is 24.5 Å². The molecule has 1 aromatic rings. The van der Waals surface area contributed by atoms with Gasteiger partial charge in [-0.3, -0.25) is 9.36 Å². The second-order valence-electron chi connectivity index (χ2n) is 3.56. The number of anilines is 1. The fraction of sp³-hybridized carbons (Fsp3) is 0.444. The predicted octanol–water partition coefficient (Wildman–Crippen LogP) is -0.0358. The molecule has 2 atom stereocenters. The highest BCUT2D eigenvalue weighted by atomic mass is 35.5. The second kappa shape index (κ2) is 4.72. The van der Waals surface area contributed by atoms with Crippen LogP contribution in [0.2, 0.25) is 0 Å². The van der Waals surface area contributed by atoms with Crippen LogP contribution in [0, 0.1) is 0 Å². The van der Waals surface area contributed by atoms with Crippen LogP contribution in [-0.2, 0) is 9.53 Å². The summed E-state index contributed by atoms with van der Waals surface area (Å²) in [6.07, 6.45) is 0.941. The van der Waals surface area contributed by atoms with E-state index in [1.807, 2.05) is 0 Å². The number of hydrogen-bond donors (Lipinski definition) is 2. The molecule has 17 heavy (non-hydrogen) atoms. The second-order valence-corrected chi connectivity index (χ2v) is 3.56. The van der Waals surface area contributed by atoms with Gasteiger partial charge in [-0.2, -0.15) is 0 Å². The van der Waals surface area contributed by atoms with Crippen molar-refractivity contribution in [2.24, 2.45) is 0 Å². The molecule has 2 rings (SSSR count). The first-order chi connectivity index (χ1) is 7.56. The van der Waals surface area contributed by atoms with Crippen molar-refractivity contribution in [3.63, 3.8) is 0 Å². The number of methoxy groups -OCH3 is 1. The molecule has 0 saturated heterocycles. The summed E-state index contributed by atoms with van der Waals surface area (Å²) in [6.45, 7) is 0. The first-order valence-corrected chi connectivity index (χ1v) is 4.68. The lowest BCUT2D eigenvalue weighted by atomic mass is 10.2. The van der Waals surface area contributed by atoms with Crippen LogP contribution >= 0.6 is 12.4 Å². The minimum atomic E-state index is -1.09. The number of halogens is 1. The maximum absolute atomic E-state index is 11.7. The molecule has 0 unspecified atom stereocenters. The molecule has 0 radical (unpaired) electrons. The number of fused-ring (bicyclic) bond motifs is 1. The van der Waals surface area contributed by atoms with Crippen LogP contribution < -0.4 is 11.3 Å². The van der Waals surface area contributed by atoms with Gasteiger partial charge in [0.05, 0.1) is 6.20 Å². The van der Waals surface area contributed by atoms with Crippen molar-refractivity contribution >= 4 is 24.1 Å². The van der Waals surface area contributed by atoms with Gasteiger partial charge < -0.3 is 15.6 Å². The SMILES string of the molecule is CO[C@@H]1C[C@@H](C(=O)O)n2c1ncc(N)c2=O.Cl. The van der Waals surface area contributed by atoms with Crippen LogP contribution in [0.25, 0.3) is 0 Å². The molecule has 1 aliphatic heterocycles. The number of nitrogens with zero attached hydrogens (tertiary/aromatic N) is 2. The number of carboxylic acids is 1. The summed E-state index contributed by atoms with van der Waals surface area (Å²) in [6, 6.07) is -0.955. The van der Waals surface area contributed by atoms with Gasteiger partial charge in [0.25, 0.3) is 5.56 Å². The molecule has 1 aliphatic rings. The number of aromatic nitrogens is 2. The van der Waals surface area contributed by atoms with Crippen molar-refractivity contribution < 1.29 is 14.6 Å². The molecular weight excluding hydrogens is 250 g/mol. The molecule has 3 N–H and O–H groups in total.